The van der Waals surface area contributed by atoms with E-state index >= 15 is 0 Å². The van der Waals surface area contributed by atoms with Crippen molar-refractivity contribution in [1.82, 2.24) is 0 Å². The second kappa shape index (κ2) is 4.31. The molecule has 5 aliphatic heterocycles. The van der Waals surface area contributed by atoms with E-state index < -0.39 is 29.5 Å². The van der Waals surface area contributed by atoms with Gasteiger partial charge >= 0.3 is 5.97 Å². The number of carboxylic acids is 1. The van der Waals surface area contributed by atoms with E-state index in [0.717, 1.165) is 17.7 Å². The average Bonchev–Trinajstić information content (AvgIpc) is 3.35. The Balaban J connectivity index is 1.59. The Morgan fingerprint density at radius 3 is 3.00 bits per heavy atom. The molecule has 1 aromatic rings. The van der Waals surface area contributed by atoms with Crippen LogP contribution in [0.2, 0.25) is 0 Å². The standard InChI is InChI=1S/C19H17NO5/c21-17-14-13(18(22)23)12-5-7-19(14,25-12)16-10-6-8-24-15(10)9-3-1-2-4-11(9)20(16)17/h1-5,7,10,12-16H,6,8H2,(H,22,23)/t10-,12-,13+,14-,15-,16+,19-/m0/s1. The molecule has 128 valence electrons. The van der Waals surface area contributed by atoms with Gasteiger partial charge < -0.3 is 19.5 Å². The minimum absolute atomic E-state index is 0.0571. The number of amides is 1. The van der Waals surface area contributed by atoms with Crippen molar-refractivity contribution in [2.24, 2.45) is 17.8 Å². The van der Waals surface area contributed by atoms with E-state index in [-0.39, 0.29) is 24.0 Å². The number of carboxylic acid groups (broad SMARTS) is 1. The van der Waals surface area contributed by atoms with Gasteiger partial charge in [0, 0.05) is 23.8 Å². The number of benzene rings is 1. The lowest BCUT2D eigenvalue weighted by molar-refractivity contribution is -0.146. The molecule has 1 N–H and O–H groups in total. The molecule has 2 bridgehead atoms. The predicted molar refractivity (Wildman–Crippen MR) is 85.9 cm³/mol. The van der Waals surface area contributed by atoms with Gasteiger partial charge in [0.15, 0.2) is 0 Å². The molecule has 1 aromatic carbocycles. The van der Waals surface area contributed by atoms with Gasteiger partial charge in [-0.1, -0.05) is 30.4 Å². The van der Waals surface area contributed by atoms with Crippen molar-refractivity contribution < 1.29 is 24.2 Å². The lowest BCUT2D eigenvalue weighted by Gasteiger charge is -2.43. The Hall–Kier alpha value is -2.18. The third-order valence-corrected chi connectivity index (χ3v) is 6.66. The van der Waals surface area contributed by atoms with Crippen LogP contribution in [-0.2, 0) is 19.1 Å². The summed E-state index contributed by atoms with van der Waals surface area (Å²) >= 11 is 0. The quantitative estimate of drug-likeness (QED) is 0.785. The number of carbonyl (C=O) groups is 2. The SMILES string of the molecule is O=C(O)[C@@H]1[C@@H]2C=C[C@]3(O2)[C@@H]1C(=O)N1c2ccccc2[C@@H]2OCC[C@@H]2[C@@H]13. The summed E-state index contributed by atoms with van der Waals surface area (Å²) in [5.41, 5.74) is 1.03. The van der Waals surface area contributed by atoms with Gasteiger partial charge in [-0.05, 0) is 12.5 Å². The van der Waals surface area contributed by atoms with Crippen LogP contribution >= 0.6 is 0 Å². The summed E-state index contributed by atoms with van der Waals surface area (Å²) in [7, 11) is 0. The molecular weight excluding hydrogens is 322 g/mol. The van der Waals surface area contributed by atoms with Gasteiger partial charge in [-0.15, -0.1) is 0 Å². The molecule has 0 unspecified atom stereocenters. The van der Waals surface area contributed by atoms with E-state index in [1.807, 2.05) is 41.3 Å². The number of rotatable bonds is 1. The highest BCUT2D eigenvalue weighted by Gasteiger charge is 2.74. The first-order chi connectivity index (χ1) is 12.1. The fraction of sp³-hybridized carbons (Fsp3) is 0.474. The molecule has 5 heterocycles. The van der Waals surface area contributed by atoms with Crippen molar-refractivity contribution in [3.8, 4) is 0 Å². The fourth-order valence-electron chi connectivity index (χ4n) is 5.86. The summed E-state index contributed by atoms with van der Waals surface area (Å²) in [5, 5.41) is 9.70. The predicted octanol–water partition coefficient (Wildman–Crippen LogP) is 1.52. The molecule has 3 fully saturated rings. The molecule has 6 rings (SSSR count). The Morgan fingerprint density at radius 2 is 2.16 bits per heavy atom. The fourth-order valence-corrected chi connectivity index (χ4v) is 5.86. The number of hydrogen-bond acceptors (Lipinski definition) is 4. The van der Waals surface area contributed by atoms with Gasteiger partial charge in [0.05, 0.1) is 24.2 Å². The topological polar surface area (TPSA) is 76.1 Å². The maximum atomic E-state index is 13.4. The summed E-state index contributed by atoms with van der Waals surface area (Å²) in [5.74, 6) is -2.42. The monoisotopic (exact) mass is 339 g/mol. The number of aliphatic carboxylic acids is 1. The number of para-hydroxylation sites is 1. The first-order valence-corrected chi connectivity index (χ1v) is 8.77. The van der Waals surface area contributed by atoms with Gasteiger partial charge in [-0.2, -0.15) is 0 Å². The van der Waals surface area contributed by atoms with Crippen molar-refractivity contribution in [3.63, 3.8) is 0 Å². The third kappa shape index (κ3) is 1.42. The minimum Gasteiger partial charge on any atom is -0.481 e. The highest BCUT2D eigenvalue weighted by molar-refractivity contribution is 6.04. The largest absolute Gasteiger partial charge is 0.481 e. The molecule has 0 aliphatic carbocycles. The number of carbonyl (C=O) groups excluding carboxylic acids is 1. The van der Waals surface area contributed by atoms with E-state index in [1.165, 1.54) is 0 Å². The summed E-state index contributed by atoms with van der Waals surface area (Å²) < 4.78 is 12.2. The highest BCUT2D eigenvalue weighted by Crippen LogP contribution is 2.62. The van der Waals surface area contributed by atoms with Crippen LogP contribution in [0.5, 0.6) is 0 Å². The molecule has 6 heteroatoms. The smallest absolute Gasteiger partial charge is 0.310 e. The van der Waals surface area contributed by atoms with Gasteiger partial charge in [0.25, 0.3) is 0 Å². The van der Waals surface area contributed by atoms with Crippen molar-refractivity contribution >= 4 is 17.6 Å². The molecule has 0 saturated carbocycles. The lowest BCUT2D eigenvalue weighted by atomic mass is 9.70. The second-order valence-corrected chi connectivity index (χ2v) is 7.59. The highest BCUT2D eigenvalue weighted by atomic mass is 16.5. The maximum Gasteiger partial charge on any atom is 0.310 e. The first-order valence-electron chi connectivity index (χ1n) is 8.77. The Labute approximate surface area is 144 Å². The van der Waals surface area contributed by atoms with Crippen LogP contribution in [0.4, 0.5) is 5.69 Å². The minimum atomic E-state index is -0.957. The first kappa shape index (κ1) is 14.0. The average molecular weight is 339 g/mol. The number of nitrogens with zero attached hydrogens (tertiary/aromatic N) is 1. The van der Waals surface area contributed by atoms with Crippen molar-refractivity contribution in [1.29, 1.82) is 0 Å². The molecular formula is C19H17NO5. The van der Waals surface area contributed by atoms with Crippen molar-refractivity contribution in [3.05, 3.63) is 42.0 Å². The van der Waals surface area contributed by atoms with E-state index in [2.05, 4.69) is 0 Å². The van der Waals surface area contributed by atoms with Crippen LogP contribution in [0.25, 0.3) is 0 Å². The summed E-state index contributed by atoms with van der Waals surface area (Å²) in [4.78, 5) is 27.0. The lowest BCUT2D eigenvalue weighted by Crippen LogP contribution is -2.53. The Bertz CT molecular complexity index is 850. The molecule has 0 aromatic heterocycles. The Kier molecular flexibility index (Phi) is 2.42. The van der Waals surface area contributed by atoms with Crippen molar-refractivity contribution in [2.45, 2.75) is 30.3 Å². The van der Waals surface area contributed by atoms with Gasteiger partial charge in [0.1, 0.15) is 11.5 Å². The van der Waals surface area contributed by atoms with Gasteiger partial charge in [0.2, 0.25) is 5.91 Å². The Morgan fingerprint density at radius 1 is 1.32 bits per heavy atom. The van der Waals surface area contributed by atoms with E-state index in [4.69, 9.17) is 9.47 Å². The number of ether oxygens (including phenoxy) is 2. The van der Waals surface area contributed by atoms with Crippen LogP contribution in [0.15, 0.2) is 36.4 Å². The zero-order chi connectivity index (χ0) is 16.9. The van der Waals surface area contributed by atoms with Crippen LogP contribution in [0.1, 0.15) is 18.1 Å². The van der Waals surface area contributed by atoms with E-state index in [9.17, 15) is 14.7 Å². The van der Waals surface area contributed by atoms with Crippen LogP contribution in [-0.4, -0.2) is 41.3 Å². The van der Waals surface area contributed by atoms with Crippen LogP contribution in [0.3, 0.4) is 0 Å². The molecule has 7 atom stereocenters. The van der Waals surface area contributed by atoms with Gasteiger partial charge in [-0.3, -0.25) is 9.59 Å². The molecule has 25 heavy (non-hydrogen) atoms. The molecule has 5 aliphatic rings. The van der Waals surface area contributed by atoms with E-state index in [0.29, 0.717) is 6.61 Å². The number of anilines is 1. The van der Waals surface area contributed by atoms with Crippen molar-refractivity contribution in [2.75, 3.05) is 11.5 Å². The molecule has 1 amide bonds. The maximum absolute atomic E-state index is 13.4. The summed E-state index contributed by atoms with van der Waals surface area (Å²) in [6.45, 7) is 0.651. The zero-order valence-electron chi connectivity index (χ0n) is 13.4. The van der Waals surface area contributed by atoms with Gasteiger partial charge in [-0.25, -0.2) is 0 Å². The molecule has 1 spiro atoms. The number of hydrogen-bond donors (Lipinski definition) is 1. The van der Waals surface area contributed by atoms with E-state index in [1.54, 1.807) is 0 Å². The van der Waals surface area contributed by atoms with Crippen LogP contribution < -0.4 is 4.90 Å². The zero-order valence-corrected chi connectivity index (χ0v) is 13.4. The molecule has 6 nitrogen and oxygen atoms in total. The summed E-state index contributed by atoms with van der Waals surface area (Å²) in [6, 6.07) is 7.61. The normalized spacial score (nSPS) is 45.3. The molecule has 0 radical (unpaired) electrons. The van der Waals surface area contributed by atoms with Crippen LogP contribution in [0, 0.1) is 17.8 Å². The number of fused-ring (bicyclic) bond motifs is 7. The third-order valence-electron chi connectivity index (χ3n) is 6.66. The second-order valence-electron chi connectivity index (χ2n) is 7.59. The molecule has 3 saturated heterocycles. The summed E-state index contributed by atoms with van der Waals surface area (Å²) in [6.07, 6.45) is 4.07.